The highest BCUT2D eigenvalue weighted by atomic mass is 16.5. The van der Waals surface area contributed by atoms with Gasteiger partial charge in [0.2, 0.25) is 0 Å². The molecule has 1 N–H and O–H groups in total. The summed E-state index contributed by atoms with van der Waals surface area (Å²) in [5.74, 6) is -0.202. The van der Waals surface area contributed by atoms with E-state index in [1.807, 2.05) is 37.3 Å². The van der Waals surface area contributed by atoms with Gasteiger partial charge in [-0.15, -0.1) is 0 Å². The molecule has 3 rings (SSSR count). The lowest BCUT2D eigenvalue weighted by Gasteiger charge is -2.36. The minimum atomic E-state index is -0.325. The third-order valence-corrected chi connectivity index (χ3v) is 3.62. The van der Waals surface area contributed by atoms with Gasteiger partial charge < -0.3 is 9.64 Å². The molecule has 0 saturated carbocycles. The second-order valence-electron chi connectivity index (χ2n) is 5.36. The Labute approximate surface area is 127 Å². The topological polar surface area (TPSA) is 75.3 Å². The molecule has 1 aromatic carbocycles. The highest BCUT2D eigenvalue weighted by Gasteiger charge is 2.30. The third-order valence-electron chi connectivity index (χ3n) is 3.62. The molecular formula is C16H17N3O3. The molecule has 2 aromatic rings. The van der Waals surface area contributed by atoms with Crippen LogP contribution in [-0.2, 0) is 4.74 Å². The Morgan fingerprint density at radius 3 is 2.68 bits per heavy atom. The lowest BCUT2D eigenvalue weighted by atomic mass is 10.1. The van der Waals surface area contributed by atoms with Crippen molar-refractivity contribution in [3.63, 3.8) is 0 Å². The highest BCUT2D eigenvalue weighted by molar-refractivity contribution is 5.92. The van der Waals surface area contributed by atoms with Crippen molar-refractivity contribution in [2.45, 2.75) is 19.1 Å². The maximum absolute atomic E-state index is 12.5. The summed E-state index contributed by atoms with van der Waals surface area (Å²) in [7, 11) is 0. The van der Waals surface area contributed by atoms with E-state index in [-0.39, 0.29) is 29.4 Å². The number of rotatable bonds is 2. The lowest BCUT2D eigenvalue weighted by molar-refractivity contribution is -0.0693. The smallest absolute Gasteiger partial charge is 0.274 e. The minimum absolute atomic E-state index is 0.0642. The maximum atomic E-state index is 12.5. The van der Waals surface area contributed by atoms with Crippen molar-refractivity contribution in [2.75, 3.05) is 13.1 Å². The average molecular weight is 299 g/mol. The zero-order valence-electron chi connectivity index (χ0n) is 12.2. The van der Waals surface area contributed by atoms with E-state index < -0.39 is 0 Å². The van der Waals surface area contributed by atoms with Crippen LogP contribution in [0.1, 0.15) is 29.1 Å². The molecule has 6 nitrogen and oxygen atoms in total. The van der Waals surface area contributed by atoms with Gasteiger partial charge in [-0.2, -0.15) is 5.10 Å². The fourth-order valence-electron chi connectivity index (χ4n) is 2.59. The van der Waals surface area contributed by atoms with Crippen molar-refractivity contribution < 1.29 is 9.53 Å². The minimum Gasteiger partial charge on any atom is -0.367 e. The highest BCUT2D eigenvalue weighted by Crippen LogP contribution is 2.25. The zero-order chi connectivity index (χ0) is 15.5. The summed E-state index contributed by atoms with van der Waals surface area (Å²) in [5, 5.41) is 6.10. The van der Waals surface area contributed by atoms with Crippen LogP contribution in [0, 0.1) is 0 Å². The Bertz CT molecular complexity index is 694. The van der Waals surface area contributed by atoms with Crippen LogP contribution in [0.5, 0.6) is 0 Å². The number of hydrogen-bond donors (Lipinski definition) is 1. The molecule has 1 aliphatic rings. The van der Waals surface area contributed by atoms with Gasteiger partial charge in [-0.1, -0.05) is 30.3 Å². The van der Waals surface area contributed by atoms with Gasteiger partial charge in [-0.25, -0.2) is 5.10 Å². The van der Waals surface area contributed by atoms with Gasteiger partial charge in [-0.3, -0.25) is 9.59 Å². The van der Waals surface area contributed by atoms with Crippen LogP contribution < -0.4 is 5.56 Å². The number of carbonyl (C=O) groups excluding carboxylic acids is 1. The van der Waals surface area contributed by atoms with E-state index in [2.05, 4.69) is 10.2 Å². The molecule has 114 valence electrons. The quantitative estimate of drug-likeness (QED) is 0.909. The monoisotopic (exact) mass is 299 g/mol. The van der Waals surface area contributed by atoms with Crippen LogP contribution in [0.25, 0.3) is 0 Å². The molecular weight excluding hydrogens is 282 g/mol. The van der Waals surface area contributed by atoms with Crippen molar-refractivity contribution >= 4 is 5.91 Å². The molecule has 0 radical (unpaired) electrons. The zero-order valence-corrected chi connectivity index (χ0v) is 12.2. The van der Waals surface area contributed by atoms with Gasteiger partial charge in [-0.05, 0) is 18.6 Å². The molecule has 0 spiro atoms. The summed E-state index contributed by atoms with van der Waals surface area (Å²) in [5.41, 5.74) is 0.954. The number of benzene rings is 1. The van der Waals surface area contributed by atoms with E-state index in [1.54, 1.807) is 4.90 Å². The molecule has 1 aromatic heterocycles. The molecule has 0 bridgehead atoms. The number of morpholine rings is 1. The number of amides is 1. The van der Waals surface area contributed by atoms with Crippen molar-refractivity contribution in [3.05, 3.63) is 64.1 Å². The first-order valence-electron chi connectivity index (χ1n) is 7.19. The summed E-state index contributed by atoms with van der Waals surface area (Å²) < 4.78 is 5.94. The van der Waals surface area contributed by atoms with E-state index in [1.165, 1.54) is 12.1 Å². The van der Waals surface area contributed by atoms with Gasteiger partial charge in [0, 0.05) is 12.6 Å². The number of carbonyl (C=O) groups is 1. The van der Waals surface area contributed by atoms with Crippen molar-refractivity contribution in [3.8, 4) is 0 Å². The summed E-state index contributed by atoms with van der Waals surface area (Å²) in [6, 6.07) is 12.6. The van der Waals surface area contributed by atoms with Crippen LogP contribution >= 0.6 is 0 Å². The second kappa shape index (κ2) is 6.11. The Balaban J connectivity index is 1.80. The average Bonchev–Trinajstić information content (AvgIpc) is 2.55. The first kappa shape index (κ1) is 14.5. The fraction of sp³-hybridized carbons (Fsp3) is 0.312. The molecule has 6 heteroatoms. The Morgan fingerprint density at radius 1 is 1.23 bits per heavy atom. The van der Waals surface area contributed by atoms with Crippen molar-refractivity contribution in [1.82, 2.24) is 15.1 Å². The lowest BCUT2D eigenvalue weighted by Crippen LogP contribution is -2.46. The normalized spacial score (nSPS) is 21.6. The maximum Gasteiger partial charge on any atom is 0.274 e. The fourth-order valence-corrected chi connectivity index (χ4v) is 2.59. The molecule has 1 aliphatic heterocycles. The number of H-pyrrole nitrogens is 1. The third kappa shape index (κ3) is 3.07. The number of aromatic amines is 1. The largest absolute Gasteiger partial charge is 0.367 e. The van der Waals surface area contributed by atoms with E-state index >= 15 is 0 Å². The molecule has 1 saturated heterocycles. The number of nitrogens with one attached hydrogen (secondary N) is 1. The Hall–Kier alpha value is -2.47. The van der Waals surface area contributed by atoms with Crippen LogP contribution in [0.15, 0.2) is 47.3 Å². The SMILES string of the molecule is CC1CN(C(=O)c2ccc(=O)[nH]n2)CC(c2ccccc2)O1. The van der Waals surface area contributed by atoms with Gasteiger partial charge >= 0.3 is 0 Å². The summed E-state index contributed by atoms with van der Waals surface area (Å²) in [4.78, 5) is 25.3. The second-order valence-corrected chi connectivity index (χ2v) is 5.36. The Morgan fingerprint density at radius 2 is 2.00 bits per heavy atom. The standard InChI is InChI=1S/C16H17N3O3/c1-11-9-19(16(21)13-7-8-15(20)18-17-13)10-14(22-11)12-5-3-2-4-6-12/h2-8,11,14H,9-10H2,1H3,(H,18,20). The van der Waals surface area contributed by atoms with E-state index in [0.717, 1.165) is 5.56 Å². The van der Waals surface area contributed by atoms with Gasteiger partial charge in [0.15, 0.2) is 0 Å². The summed E-state index contributed by atoms with van der Waals surface area (Å²) in [6.07, 6.45) is -0.220. The van der Waals surface area contributed by atoms with E-state index in [9.17, 15) is 9.59 Å². The number of hydrogen-bond acceptors (Lipinski definition) is 4. The number of aromatic nitrogens is 2. The van der Waals surface area contributed by atoms with Crippen LogP contribution in [-0.4, -0.2) is 40.2 Å². The van der Waals surface area contributed by atoms with Crippen LogP contribution in [0.3, 0.4) is 0 Å². The van der Waals surface area contributed by atoms with Crippen LogP contribution in [0.4, 0.5) is 0 Å². The predicted octanol–water partition coefficient (Wildman–Crippen LogP) is 1.37. The number of ether oxygens (including phenoxy) is 1. The molecule has 2 unspecified atom stereocenters. The van der Waals surface area contributed by atoms with Gasteiger partial charge in [0.1, 0.15) is 11.8 Å². The predicted molar refractivity (Wildman–Crippen MR) is 80.5 cm³/mol. The molecule has 2 atom stereocenters. The Kier molecular flexibility index (Phi) is 4.02. The first-order chi connectivity index (χ1) is 10.6. The summed E-state index contributed by atoms with van der Waals surface area (Å²) in [6.45, 7) is 2.91. The molecule has 0 aliphatic carbocycles. The summed E-state index contributed by atoms with van der Waals surface area (Å²) >= 11 is 0. The molecule has 2 heterocycles. The molecule has 22 heavy (non-hydrogen) atoms. The molecule has 1 fully saturated rings. The molecule has 1 amide bonds. The van der Waals surface area contributed by atoms with E-state index in [0.29, 0.717) is 13.1 Å². The van der Waals surface area contributed by atoms with Crippen LogP contribution in [0.2, 0.25) is 0 Å². The van der Waals surface area contributed by atoms with Crippen molar-refractivity contribution in [2.24, 2.45) is 0 Å². The number of nitrogens with zero attached hydrogens (tertiary/aromatic N) is 2. The first-order valence-corrected chi connectivity index (χ1v) is 7.19. The van der Waals surface area contributed by atoms with E-state index in [4.69, 9.17) is 4.74 Å². The van der Waals surface area contributed by atoms with Crippen molar-refractivity contribution in [1.29, 1.82) is 0 Å². The van der Waals surface area contributed by atoms with Gasteiger partial charge in [0.05, 0.1) is 12.6 Å². The van der Waals surface area contributed by atoms with Gasteiger partial charge in [0.25, 0.3) is 11.5 Å².